The van der Waals surface area contributed by atoms with Crippen molar-refractivity contribution in [2.75, 3.05) is 13.2 Å². The van der Waals surface area contributed by atoms with Gasteiger partial charge in [-0.25, -0.2) is 4.98 Å². The number of hydrogen-bond donors (Lipinski definition) is 1. The van der Waals surface area contributed by atoms with Crippen LogP contribution in [0.25, 0.3) is 11.0 Å². The van der Waals surface area contributed by atoms with Crippen LogP contribution in [0.15, 0.2) is 12.1 Å². The number of rotatable bonds is 7. The SMILES string of the molecule is CCCCCCCn1c(CN)nc2cc3c(cc21)OCCO3. The third kappa shape index (κ3) is 3.04. The third-order valence-corrected chi connectivity index (χ3v) is 4.16. The number of ether oxygens (including phenoxy) is 2. The van der Waals surface area contributed by atoms with Gasteiger partial charge in [0.05, 0.1) is 17.6 Å². The highest BCUT2D eigenvalue weighted by atomic mass is 16.6. The first-order valence-electron chi connectivity index (χ1n) is 8.32. The van der Waals surface area contributed by atoms with Gasteiger partial charge in [-0.3, -0.25) is 0 Å². The van der Waals surface area contributed by atoms with E-state index in [0.29, 0.717) is 19.8 Å². The molecule has 1 aliphatic heterocycles. The van der Waals surface area contributed by atoms with Crippen LogP contribution in [0.2, 0.25) is 0 Å². The summed E-state index contributed by atoms with van der Waals surface area (Å²) in [6.07, 6.45) is 6.29. The predicted octanol–water partition coefficient (Wildman–Crippen LogP) is 3.24. The number of fused-ring (bicyclic) bond motifs is 2. The number of aryl methyl sites for hydroxylation is 1. The summed E-state index contributed by atoms with van der Waals surface area (Å²) < 4.78 is 13.6. The molecule has 1 aliphatic rings. The van der Waals surface area contributed by atoms with Gasteiger partial charge in [-0.1, -0.05) is 32.6 Å². The highest BCUT2D eigenvalue weighted by Gasteiger charge is 2.17. The van der Waals surface area contributed by atoms with E-state index in [0.717, 1.165) is 41.3 Å². The average molecular weight is 303 g/mol. The van der Waals surface area contributed by atoms with E-state index in [-0.39, 0.29) is 0 Å². The van der Waals surface area contributed by atoms with Crippen LogP contribution in [0.4, 0.5) is 0 Å². The van der Waals surface area contributed by atoms with E-state index in [2.05, 4.69) is 16.5 Å². The minimum Gasteiger partial charge on any atom is -0.486 e. The zero-order valence-corrected chi connectivity index (χ0v) is 13.3. The van der Waals surface area contributed by atoms with Crippen LogP contribution in [-0.4, -0.2) is 22.8 Å². The van der Waals surface area contributed by atoms with Crippen molar-refractivity contribution in [2.45, 2.75) is 52.1 Å². The van der Waals surface area contributed by atoms with Crippen LogP contribution in [0.3, 0.4) is 0 Å². The zero-order valence-electron chi connectivity index (χ0n) is 13.3. The molecule has 2 heterocycles. The zero-order chi connectivity index (χ0) is 15.4. The molecule has 2 aromatic rings. The number of nitrogens with zero attached hydrogens (tertiary/aromatic N) is 2. The molecule has 1 aromatic heterocycles. The maximum Gasteiger partial charge on any atom is 0.163 e. The second-order valence-corrected chi connectivity index (χ2v) is 5.78. The Hall–Kier alpha value is -1.75. The first-order valence-corrected chi connectivity index (χ1v) is 8.32. The van der Waals surface area contributed by atoms with E-state index in [9.17, 15) is 0 Å². The Balaban J connectivity index is 1.83. The Morgan fingerprint density at radius 2 is 1.82 bits per heavy atom. The molecule has 1 aromatic carbocycles. The van der Waals surface area contributed by atoms with Crippen LogP contribution >= 0.6 is 0 Å². The lowest BCUT2D eigenvalue weighted by Gasteiger charge is -2.18. The molecule has 0 saturated carbocycles. The molecule has 0 atom stereocenters. The van der Waals surface area contributed by atoms with Crippen LogP contribution < -0.4 is 15.2 Å². The van der Waals surface area contributed by atoms with Gasteiger partial charge in [0.25, 0.3) is 0 Å². The van der Waals surface area contributed by atoms with Crippen molar-refractivity contribution < 1.29 is 9.47 Å². The monoisotopic (exact) mass is 303 g/mol. The van der Waals surface area contributed by atoms with Gasteiger partial charge in [0.2, 0.25) is 0 Å². The number of benzene rings is 1. The molecule has 0 fully saturated rings. The summed E-state index contributed by atoms with van der Waals surface area (Å²) in [6, 6.07) is 4.01. The summed E-state index contributed by atoms with van der Waals surface area (Å²) in [5.74, 6) is 2.54. The van der Waals surface area contributed by atoms with E-state index < -0.39 is 0 Å². The first-order chi connectivity index (χ1) is 10.8. The van der Waals surface area contributed by atoms with Crippen molar-refractivity contribution in [1.29, 1.82) is 0 Å². The van der Waals surface area contributed by atoms with E-state index in [4.69, 9.17) is 15.2 Å². The highest BCUT2D eigenvalue weighted by molar-refractivity contribution is 5.80. The molecule has 0 radical (unpaired) electrons. The van der Waals surface area contributed by atoms with Crippen molar-refractivity contribution in [2.24, 2.45) is 5.73 Å². The smallest absolute Gasteiger partial charge is 0.163 e. The fourth-order valence-electron chi connectivity index (χ4n) is 2.99. The van der Waals surface area contributed by atoms with Gasteiger partial charge in [-0.15, -0.1) is 0 Å². The number of aromatic nitrogens is 2. The normalized spacial score (nSPS) is 13.7. The Morgan fingerprint density at radius 1 is 1.09 bits per heavy atom. The maximum atomic E-state index is 5.87. The fraction of sp³-hybridized carbons (Fsp3) is 0.588. The molecule has 0 unspecified atom stereocenters. The number of nitrogens with two attached hydrogens (primary N) is 1. The average Bonchev–Trinajstić information content (AvgIpc) is 2.89. The largest absolute Gasteiger partial charge is 0.486 e. The van der Waals surface area contributed by atoms with Crippen molar-refractivity contribution in [3.05, 3.63) is 18.0 Å². The van der Waals surface area contributed by atoms with Gasteiger partial charge in [0, 0.05) is 18.7 Å². The summed E-state index contributed by atoms with van der Waals surface area (Å²) in [7, 11) is 0. The topological polar surface area (TPSA) is 62.3 Å². The van der Waals surface area contributed by atoms with Gasteiger partial charge in [-0.2, -0.15) is 0 Å². The predicted molar refractivity (Wildman–Crippen MR) is 87.4 cm³/mol. The van der Waals surface area contributed by atoms with Crippen molar-refractivity contribution in [1.82, 2.24) is 9.55 Å². The number of imidazole rings is 1. The summed E-state index contributed by atoms with van der Waals surface area (Å²) in [5, 5.41) is 0. The molecule has 3 rings (SSSR count). The molecule has 2 N–H and O–H groups in total. The van der Waals surface area contributed by atoms with E-state index in [1.807, 2.05) is 12.1 Å². The van der Waals surface area contributed by atoms with E-state index in [1.54, 1.807) is 0 Å². The van der Waals surface area contributed by atoms with Crippen LogP contribution in [0.1, 0.15) is 44.9 Å². The molecule has 0 amide bonds. The van der Waals surface area contributed by atoms with E-state index in [1.165, 1.54) is 25.7 Å². The molecule has 0 bridgehead atoms. The third-order valence-electron chi connectivity index (χ3n) is 4.16. The second kappa shape index (κ2) is 7.01. The molecule has 5 heteroatoms. The minimum absolute atomic E-state index is 0.454. The minimum atomic E-state index is 0.454. The Labute approximate surface area is 131 Å². The molecule has 22 heavy (non-hydrogen) atoms. The Kier molecular flexibility index (Phi) is 4.83. The van der Waals surface area contributed by atoms with Gasteiger partial charge in [0.15, 0.2) is 11.5 Å². The number of unbranched alkanes of at least 4 members (excludes halogenated alkanes) is 4. The van der Waals surface area contributed by atoms with Crippen LogP contribution in [0.5, 0.6) is 11.5 Å². The van der Waals surface area contributed by atoms with Gasteiger partial charge >= 0.3 is 0 Å². The van der Waals surface area contributed by atoms with Crippen molar-refractivity contribution in [3.8, 4) is 11.5 Å². The lowest BCUT2D eigenvalue weighted by atomic mass is 10.1. The Bertz CT molecular complexity index is 636. The lowest BCUT2D eigenvalue weighted by Crippen LogP contribution is -2.15. The molecular weight excluding hydrogens is 278 g/mol. The maximum absolute atomic E-state index is 5.87. The van der Waals surface area contributed by atoms with Crippen LogP contribution in [0, 0.1) is 0 Å². The summed E-state index contributed by atoms with van der Waals surface area (Å²) in [6.45, 7) is 4.86. The molecule has 5 nitrogen and oxygen atoms in total. The standard InChI is InChI=1S/C17H25N3O2/c1-2-3-4-5-6-7-20-14-11-16-15(21-8-9-22-16)10-13(14)19-17(20)12-18/h10-11H,2-9,12,18H2,1H3. The van der Waals surface area contributed by atoms with Gasteiger partial charge < -0.3 is 19.8 Å². The van der Waals surface area contributed by atoms with Gasteiger partial charge in [0.1, 0.15) is 19.0 Å². The van der Waals surface area contributed by atoms with Gasteiger partial charge in [-0.05, 0) is 6.42 Å². The molecule has 0 aliphatic carbocycles. The fourth-order valence-corrected chi connectivity index (χ4v) is 2.99. The summed E-state index contributed by atoms with van der Waals surface area (Å²) in [4.78, 5) is 4.66. The van der Waals surface area contributed by atoms with Crippen molar-refractivity contribution >= 4 is 11.0 Å². The molecular formula is C17H25N3O2. The molecule has 0 saturated heterocycles. The highest BCUT2D eigenvalue weighted by Crippen LogP contribution is 2.34. The van der Waals surface area contributed by atoms with Crippen molar-refractivity contribution in [3.63, 3.8) is 0 Å². The summed E-state index contributed by atoms with van der Waals surface area (Å²) in [5.41, 5.74) is 7.91. The lowest BCUT2D eigenvalue weighted by molar-refractivity contribution is 0.172. The molecule has 120 valence electrons. The first kappa shape index (κ1) is 15.2. The van der Waals surface area contributed by atoms with Crippen LogP contribution in [-0.2, 0) is 13.1 Å². The van der Waals surface area contributed by atoms with E-state index >= 15 is 0 Å². The second-order valence-electron chi connectivity index (χ2n) is 5.78. The Morgan fingerprint density at radius 3 is 2.55 bits per heavy atom. The molecule has 0 spiro atoms. The quantitative estimate of drug-likeness (QED) is 0.798. The summed E-state index contributed by atoms with van der Waals surface area (Å²) >= 11 is 0. The number of hydrogen-bond acceptors (Lipinski definition) is 4.